The summed E-state index contributed by atoms with van der Waals surface area (Å²) >= 11 is 0. The molecule has 1 aromatic heterocycles. The number of amides is 1. The number of carbonyl (C=O) groups is 1. The first-order valence-corrected chi connectivity index (χ1v) is 6.75. The minimum absolute atomic E-state index is 0.0187. The molecule has 4 nitrogen and oxygen atoms in total. The molecule has 4 heteroatoms. The van der Waals surface area contributed by atoms with Crippen molar-refractivity contribution in [2.75, 3.05) is 13.2 Å². The number of benzene rings is 1. The molecule has 1 aromatic carbocycles. The van der Waals surface area contributed by atoms with Crippen molar-refractivity contribution in [2.45, 2.75) is 26.2 Å². The van der Waals surface area contributed by atoms with Gasteiger partial charge in [0.2, 0.25) is 5.91 Å². The minimum Gasteiger partial charge on any atom is -0.493 e. The Morgan fingerprint density at radius 3 is 3.21 bits per heavy atom. The number of hydrogen-bond donors (Lipinski definition) is 2. The molecule has 0 saturated heterocycles. The first-order valence-electron chi connectivity index (χ1n) is 6.75. The number of aromatic nitrogens is 1. The van der Waals surface area contributed by atoms with Crippen LogP contribution in [0.1, 0.15) is 24.5 Å². The maximum Gasteiger partial charge on any atom is 0.216 e. The van der Waals surface area contributed by atoms with Gasteiger partial charge in [-0.05, 0) is 37.0 Å². The average molecular weight is 258 g/mol. The Hall–Kier alpha value is -1.97. The van der Waals surface area contributed by atoms with Crippen molar-refractivity contribution >= 4 is 16.8 Å². The summed E-state index contributed by atoms with van der Waals surface area (Å²) < 4.78 is 5.72. The molecule has 0 fully saturated rings. The van der Waals surface area contributed by atoms with E-state index in [0.29, 0.717) is 6.54 Å². The molecule has 2 N–H and O–H groups in total. The maximum atomic E-state index is 10.9. The summed E-state index contributed by atoms with van der Waals surface area (Å²) in [5.41, 5.74) is 3.72. The number of H-pyrrole nitrogens is 1. The lowest BCUT2D eigenvalue weighted by atomic mass is 9.98. The van der Waals surface area contributed by atoms with Crippen LogP contribution in [0.4, 0.5) is 0 Å². The van der Waals surface area contributed by atoms with E-state index in [1.807, 2.05) is 12.3 Å². The van der Waals surface area contributed by atoms with Crippen LogP contribution in [0.2, 0.25) is 0 Å². The molecule has 19 heavy (non-hydrogen) atoms. The van der Waals surface area contributed by atoms with Gasteiger partial charge >= 0.3 is 0 Å². The second-order valence-corrected chi connectivity index (χ2v) is 4.96. The first-order chi connectivity index (χ1) is 9.25. The van der Waals surface area contributed by atoms with Crippen LogP contribution in [0.5, 0.6) is 5.75 Å². The zero-order valence-electron chi connectivity index (χ0n) is 11.1. The van der Waals surface area contributed by atoms with Gasteiger partial charge in [-0.15, -0.1) is 0 Å². The summed E-state index contributed by atoms with van der Waals surface area (Å²) in [6, 6.07) is 4.12. The van der Waals surface area contributed by atoms with Gasteiger partial charge in [0, 0.05) is 36.1 Å². The SMILES string of the molecule is CC(=O)NCCc1c[nH]c2ccc3c(c12)CCCO3. The number of ether oxygens (including phenoxy) is 1. The Bertz CT molecular complexity index is 616. The van der Waals surface area contributed by atoms with Crippen molar-refractivity contribution in [3.05, 3.63) is 29.5 Å². The van der Waals surface area contributed by atoms with E-state index in [0.717, 1.165) is 37.1 Å². The molecule has 0 unspecified atom stereocenters. The Labute approximate surface area is 112 Å². The number of carbonyl (C=O) groups excluding carboxylic acids is 1. The molecule has 100 valence electrons. The van der Waals surface area contributed by atoms with Gasteiger partial charge in [-0.1, -0.05) is 0 Å². The number of aromatic amines is 1. The molecular formula is C15H18N2O2. The lowest BCUT2D eigenvalue weighted by molar-refractivity contribution is -0.118. The van der Waals surface area contributed by atoms with Crippen LogP contribution in [-0.4, -0.2) is 24.0 Å². The number of rotatable bonds is 3. The highest BCUT2D eigenvalue weighted by Crippen LogP contribution is 2.33. The molecule has 1 amide bonds. The third-order valence-corrected chi connectivity index (χ3v) is 3.59. The van der Waals surface area contributed by atoms with E-state index in [9.17, 15) is 4.79 Å². The van der Waals surface area contributed by atoms with Crippen LogP contribution in [0, 0.1) is 0 Å². The standard InChI is InChI=1S/C15H18N2O2/c1-10(18)16-7-6-11-9-17-13-4-5-14-12(15(11)13)3-2-8-19-14/h4-5,9,17H,2-3,6-8H2,1H3,(H,16,18). The number of nitrogens with one attached hydrogen (secondary N) is 2. The largest absolute Gasteiger partial charge is 0.493 e. The normalized spacial score (nSPS) is 13.9. The summed E-state index contributed by atoms with van der Waals surface area (Å²) in [5, 5.41) is 4.12. The van der Waals surface area contributed by atoms with Crippen molar-refractivity contribution in [2.24, 2.45) is 0 Å². The molecule has 0 aliphatic carbocycles. The Morgan fingerprint density at radius 2 is 2.37 bits per heavy atom. The summed E-state index contributed by atoms with van der Waals surface area (Å²) in [7, 11) is 0. The highest BCUT2D eigenvalue weighted by molar-refractivity contribution is 5.89. The molecule has 2 aromatic rings. The van der Waals surface area contributed by atoms with Gasteiger partial charge in [0.25, 0.3) is 0 Å². The fourth-order valence-corrected chi connectivity index (χ4v) is 2.74. The summed E-state index contributed by atoms with van der Waals surface area (Å²) in [6.07, 6.45) is 5.03. The van der Waals surface area contributed by atoms with Crippen molar-refractivity contribution in [1.29, 1.82) is 0 Å². The molecule has 0 bridgehead atoms. The van der Waals surface area contributed by atoms with Crippen LogP contribution in [0.15, 0.2) is 18.3 Å². The van der Waals surface area contributed by atoms with Gasteiger partial charge in [0.1, 0.15) is 5.75 Å². The molecule has 3 rings (SSSR count). The topological polar surface area (TPSA) is 54.1 Å². The molecular weight excluding hydrogens is 240 g/mol. The highest BCUT2D eigenvalue weighted by Gasteiger charge is 2.16. The van der Waals surface area contributed by atoms with Gasteiger partial charge in [-0.2, -0.15) is 0 Å². The third-order valence-electron chi connectivity index (χ3n) is 3.59. The fraction of sp³-hybridized carbons (Fsp3) is 0.400. The Morgan fingerprint density at radius 1 is 1.47 bits per heavy atom. The molecule has 1 aliphatic rings. The maximum absolute atomic E-state index is 10.9. The zero-order chi connectivity index (χ0) is 13.2. The van der Waals surface area contributed by atoms with Crippen LogP contribution in [-0.2, 0) is 17.6 Å². The van der Waals surface area contributed by atoms with Crippen molar-refractivity contribution in [3.63, 3.8) is 0 Å². The predicted octanol–water partition coefficient (Wildman–Crippen LogP) is 2.17. The number of aryl methyl sites for hydroxylation is 1. The predicted molar refractivity (Wildman–Crippen MR) is 74.5 cm³/mol. The van der Waals surface area contributed by atoms with Crippen molar-refractivity contribution in [3.8, 4) is 5.75 Å². The first kappa shape index (κ1) is 12.1. The number of hydrogen-bond acceptors (Lipinski definition) is 2. The van der Waals surface area contributed by atoms with E-state index < -0.39 is 0 Å². The van der Waals surface area contributed by atoms with E-state index in [-0.39, 0.29) is 5.91 Å². The van der Waals surface area contributed by atoms with Crippen LogP contribution in [0.25, 0.3) is 10.9 Å². The van der Waals surface area contributed by atoms with E-state index >= 15 is 0 Å². The minimum atomic E-state index is 0.0187. The third kappa shape index (κ3) is 2.30. The Balaban J connectivity index is 1.94. The van der Waals surface area contributed by atoms with E-state index in [1.54, 1.807) is 6.92 Å². The fourth-order valence-electron chi connectivity index (χ4n) is 2.74. The smallest absolute Gasteiger partial charge is 0.216 e. The quantitative estimate of drug-likeness (QED) is 0.886. The van der Waals surface area contributed by atoms with Gasteiger partial charge in [0.05, 0.1) is 6.61 Å². The van der Waals surface area contributed by atoms with Crippen LogP contribution in [0.3, 0.4) is 0 Å². The Kier molecular flexibility index (Phi) is 3.15. The lowest BCUT2D eigenvalue weighted by Gasteiger charge is -2.18. The van der Waals surface area contributed by atoms with Crippen LogP contribution >= 0.6 is 0 Å². The summed E-state index contributed by atoms with van der Waals surface area (Å²) in [5.74, 6) is 1.03. The van der Waals surface area contributed by atoms with Gasteiger partial charge in [0.15, 0.2) is 0 Å². The van der Waals surface area contributed by atoms with E-state index in [4.69, 9.17) is 4.74 Å². The molecule has 0 saturated carbocycles. The molecule has 2 heterocycles. The van der Waals surface area contributed by atoms with Gasteiger partial charge in [-0.25, -0.2) is 0 Å². The van der Waals surface area contributed by atoms with Crippen molar-refractivity contribution in [1.82, 2.24) is 10.3 Å². The molecule has 0 atom stereocenters. The van der Waals surface area contributed by atoms with E-state index in [1.165, 1.54) is 16.5 Å². The molecule has 0 spiro atoms. The zero-order valence-corrected chi connectivity index (χ0v) is 11.1. The summed E-state index contributed by atoms with van der Waals surface area (Å²) in [6.45, 7) is 3.03. The number of fused-ring (bicyclic) bond motifs is 3. The van der Waals surface area contributed by atoms with Crippen molar-refractivity contribution < 1.29 is 9.53 Å². The van der Waals surface area contributed by atoms with Gasteiger partial charge < -0.3 is 15.0 Å². The average Bonchev–Trinajstić information content (AvgIpc) is 2.82. The summed E-state index contributed by atoms with van der Waals surface area (Å²) in [4.78, 5) is 14.2. The molecule has 0 radical (unpaired) electrons. The second kappa shape index (κ2) is 4.96. The lowest BCUT2D eigenvalue weighted by Crippen LogP contribution is -2.22. The molecule has 1 aliphatic heterocycles. The van der Waals surface area contributed by atoms with Gasteiger partial charge in [-0.3, -0.25) is 4.79 Å². The second-order valence-electron chi connectivity index (χ2n) is 4.96. The van der Waals surface area contributed by atoms with E-state index in [2.05, 4.69) is 16.4 Å². The monoisotopic (exact) mass is 258 g/mol. The van der Waals surface area contributed by atoms with Crippen LogP contribution < -0.4 is 10.1 Å². The highest BCUT2D eigenvalue weighted by atomic mass is 16.5.